The highest BCUT2D eigenvalue weighted by Crippen LogP contribution is 2.32. The number of hydrogen-bond acceptors (Lipinski definition) is 7. The number of thiazole rings is 1. The van der Waals surface area contributed by atoms with Crippen molar-refractivity contribution in [3.05, 3.63) is 107 Å². The Hall–Kier alpha value is -3.14. The Labute approximate surface area is 236 Å². The lowest BCUT2D eigenvalue weighted by Gasteiger charge is -2.25. The van der Waals surface area contributed by atoms with Crippen LogP contribution in [-0.4, -0.2) is 22.9 Å². The van der Waals surface area contributed by atoms with Gasteiger partial charge in [0.15, 0.2) is 4.80 Å². The fourth-order valence-corrected chi connectivity index (χ4v) is 6.15. The molecule has 1 unspecified atom stereocenters. The van der Waals surface area contributed by atoms with Crippen molar-refractivity contribution < 1.29 is 13.9 Å². The molecule has 0 N–H and O–H groups in total. The largest absolute Gasteiger partial charge is 0.459 e. The van der Waals surface area contributed by atoms with E-state index in [9.17, 15) is 9.59 Å². The van der Waals surface area contributed by atoms with Crippen LogP contribution in [0.3, 0.4) is 0 Å². The number of hydrogen-bond donors (Lipinski definition) is 0. The van der Waals surface area contributed by atoms with Crippen molar-refractivity contribution in [2.75, 3.05) is 6.26 Å². The lowest BCUT2D eigenvalue weighted by atomic mass is 9.96. The second kappa shape index (κ2) is 10.9. The number of ether oxygens (including phenoxy) is 1. The summed E-state index contributed by atoms with van der Waals surface area (Å²) in [5, 5.41) is 0. The maximum absolute atomic E-state index is 13.8. The normalized spacial score (nSPS) is 15.5. The Bertz CT molecular complexity index is 1730. The summed E-state index contributed by atoms with van der Waals surface area (Å²) >= 11 is 6.39. The molecule has 9 heteroatoms. The summed E-state index contributed by atoms with van der Waals surface area (Å²) in [6.07, 6.45) is 3.43. The van der Waals surface area contributed by atoms with Crippen LogP contribution >= 0.6 is 39.0 Å². The highest BCUT2D eigenvalue weighted by atomic mass is 79.9. The Balaban J connectivity index is 1.63. The van der Waals surface area contributed by atoms with Crippen LogP contribution in [0, 0.1) is 0 Å². The smallest absolute Gasteiger partial charge is 0.338 e. The van der Waals surface area contributed by atoms with E-state index in [4.69, 9.17) is 9.15 Å². The van der Waals surface area contributed by atoms with Crippen LogP contribution in [0.4, 0.5) is 0 Å². The molecule has 0 saturated carbocycles. The average Bonchev–Trinajstić information content (AvgIpc) is 3.47. The zero-order valence-corrected chi connectivity index (χ0v) is 24.4. The fraction of sp³-hybridized carbons (Fsp3) is 0.207. The molecule has 3 heterocycles. The SMILES string of the molecule is CSc1ccc(C2C(C(=O)OC(C)C)=C(C)N=c3sc(=Cc4ccc(-c5cccc(Br)c5)o4)c(=O)n32)cc1. The molecule has 0 amide bonds. The van der Waals surface area contributed by atoms with Crippen LogP contribution in [0.1, 0.15) is 38.1 Å². The number of carbonyl (C=O) groups is 1. The first-order valence-corrected chi connectivity index (χ1v) is 14.8. The second-order valence-electron chi connectivity index (χ2n) is 9.02. The standard InChI is InChI=1S/C29H25BrN2O4S2/c1-16(2)35-28(34)25-17(3)31-29-32(26(25)18-8-11-22(37-4)12-9-18)27(33)24(38-29)15-21-10-13-23(36-21)19-6-5-7-20(30)14-19/h5-16,26H,1-4H3. The maximum Gasteiger partial charge on any atom is 0.338 e. The van der Waals surface area contributed by atoms with Crippen LogP contribution in [0.2, 0.25) is 0 Å². The molecule has 6 nitrogen and oxygen atoms in total. The predicted octanol–water partition coefficient (Wildman–Crippen LogP) is 5.93. The van der Waals surface area contributed by atoms with Crippen molar-refractivity contribution in [1.82, 2.24) is 4.57 Å². The first kappa shape index (κ1) is 26.5. The van der Waals surface area contributed by atoms with E-state index in [0.717, 1.165) is 20.5 Å². The van der Waals surface area contributed by atoms with Gasteiger partial charge in [-0.05, 0) is 69.0 Å². The minimum absolute atomic E-state index is 0.240. The van der Waals surface area contributed by atoms with Crippen LogP contribution in [0.5, 0.6) is 0 Å². The highest BCUT2D eigenvalue weighted by molar-refractivity contribution is 9.10. The number of benzene rings is 2. The molecule has 38 heavy (non-hydrogen) atoms. The Morgan fingerprint density at radius 2 is 1.95 bits per heavy atom. The van der Waals surface area contributed by atoms with Gasteiger partial charge in [-0.1, -0.05) is 51.5 Å². The molecule has 0 saturated heterocycles. The quantitative estimate of drug-likeness (QED) is 0.200. The van der Waals surface area contributed by atoms with Gasteiger partial charge in [0.05, 0.1) is 27.9 Å². The first-order chi connectivity index (χ1) is 18.2. The molecule has 0 radical (unpaired) electrons. The molecule has 0 aliphatic carbocycles. The lowest BCUT2D eigenvalue weighted by Crippen LogP contribution is -2.40. The predicted molar refractivity (Wildman–Crippen MR) is 155 cm³/mol. The summed E-state index contributed by atoms with van der Waals surface area (Å²) in [6.45, 7) is 5.39. The van der Waals surface area contributed by atoms with Crippen LogP contribution < -0.4 is 14.9 Å². The number of allylic oxidation sites excluding steroid dienone is 1. The third-order valence-electron chi connectivity index (χ3n) is 6.03. The van der Waals surface area contributed by atoms with Crippen molar-refractivity contribution in [2.45, 2.75) is 37.8 Å². The van der Waals surface area contributed by atoms with Crippen molar-refractivity contribution in [1.29, 1.82) is 0 Å². The molecule has 1 aliphatic heterocycles. The van der Waals surface area contributed by atoms with Gasteiger partial charge in [0.25, 0.3) is 5.56 Å². The molecule has 194 valence electrons. The number of furan rings is 1. The number of aromatic nitrogens is 1. The summed E-state index contributed by atoms with van der Waals surface area (Å²) < 4.78 is 14.6. The average molecular weight is 610 g/mol. The molecule has 1 atom stereocenters. The number of fused-ring (bicyclic) bond motifs is 1. The molecule has 2 aromatic heterocycles. The van der Waals surface area contributed by atoms with Gasteiger partial charge in [-0.3, -0.25) is 9.36 Å². The van der Waals surface area contributed by atoms with E-state index in [-0.39, 0.29) is 11.7 Å². The van der Waals surface area contributed by atoms with Gasteiger partial charge in [-0.15, -0.1) is 11.8 Å². The van der Waals surface area contributed by atoms with Gasteiger partial charge in [0.1, 0.15) is 11.5 Å². The zero-order chi connectivity index (χ0) is 27.0. The molecular weight excluding hydrogens is 584 g/mol. The summed E-state index contributed by atoms with van der Waals surface area (Å²) in [6, 6.07) is 18.8. The first-order valence-electron chi connectivity index (χ1n) is 12.0. The molecule has 0 fully saturated rings. The summed E-state index contributed by atoms with van der Waals surface area (Å²) in [5.74, 6) is 0.784. The van der Waals surface area contributed by atoms with E-state index >= 15 is 0 Å². The molecular formula is C29H25BrN2O4S2. The number of nitrogens with zero attached hydrogens (tertiary/aromatic N) is 2. The third-order valence-corrected chi connectivity index (χ3v) is 8.24. The van der Waals surface area contributed by atoms with E-state index in [2.05, 4.69) is 20.9 Å². The topological polar surface area (TPSA) is 73.8 Å². The summed E-state index contributed by atoms with van der Waals surface area (Å²) in [7, 11) is 0. The van der Waals surface area contributed by atoms with E-state index in [1.54, 1.807) is 43.2 Å². The molecule has 0 bridgehead atoms. The van der Waals surface area contributed by atoms with Gasteiger partial charge >= 0.3 is 5.97 Å². The Morgan fingerprint density at radius 1 is 1.18 bits per heavy atom. The number of esters is 1. The molecule has 4 aromatic rings. The van der Waals surface area contributed by atoms with Crippen LogP contribution in [0.25, 0.3) is 17.4 Å². The van der Waals surface area contributed by atoms with Gasteiger partial charge in [-0.25, -0.2) is 9.79 Å². The lowest BCUT2D eigenvalue weighted by molar-refractivity contribution is -0.143. The van der Waals surface area contributed by atoms with Crippen molar-refractivity contribution >= 4 is 51.1 Å². The summed E-state index contributed by atoms with van der Waals surface area (Å²) in [5.41, 5.74) is 2.41. The van der Waals surface area contributed by atoms with Gasteiger partial charge in [-0.2, -0.15) is 0 Å². The van der Waals surface area contributed by atoms with Crippen molar-refractivity contribution in [2.24, 2.45) is 4.99 Å². The number of rotatable bonds is 6. The van der Waals surface area contributed by atoms with Crippen LogP contribution in [-0.2, 0) is 9.53 Å². The maximum atomic E-state index is 13.8. The second-order valence-corrected chi connectivity index (χ2v) is 11.8. The Morgan fingerprint density at radius 3 is 2.63 bits per heavy atom. The van der Waals surface area contributed by atoms with E-state index in [1.807, 2.05) is 66.9 Å². The molecule has 5 rings (SSSR count). The highest BCUT2D eigenvalue weighted by Gasteiger charge is 2.33. The van der Waals surface area contributed by atoms with Gasteiger partial charge < -0.3 is 9.15 Å². The van der Waals surface area contributed by atoms with E-state index < -0.39 is 12.0 Å². The van der Waals surface area contributed by atoms with Crippen LogP contribution in [0.15, 0.2) is 95.5 Å². The molecule has 2 aromatic carbocycles. The van der Waals surface area contributed by atoms with Crippen molar-refractivity contribution in [3.63, 3.8) is 0 Å². The molecule has 0 spiro atoms. The van der Waals surface area contributed by atoms with Gasteiger partial charge in [0, 0.05) is 21.0 Å². The van der Waals surface area contributed by atoms with Crippen molar-refractivity contribution in [3.8, 4) is 11.3 Å². The minimum Gasteiger partial charge on any atom is -0.459 e. The number of halogens is 1. The Kier molecular flexibility index (Phi) is 7.61. The monoisotopic (exact) mass is 608 g/mol. The number of carbonyl (C=O) groups excluding carboxylic acids is 1. The third kappa shape index (κ3) is 5.23. The molecule has 1 aliphatic rings. The summed E-state index contributed by atoms with van der Waals surface area (Å²) in [4.78, 5) is 33.3. The van der Waals surface area contributed by atoms with E-state index in [0.29, 0.717) is 32.1 Å². The van der Waals surface area contributed by atoms with E-state index in [1.165, 1.54) is 11.3 Å². The van der Waals surface area contributed by atoms with Gasteiger partial charge in [0.2, 0.25) is 0 Å². The fourth-order valence-electron chi connectivity index (χ4n) is 4.32. The zero-order valence-electron chi connectivity index (χ0n) is 21.2. The minimum atomic E-state index is -0.649. The number of thioether (sulfide) groups is 1.